The summed E-state index contributed by atoms with van der Waals surface area (Å²) in [6.45, 7) is 3.29. The number of benzene rings is 1. The molecule has 1 unspecified atom stereocenters. The number of carbonyl (C=O) groups is 2. The van der Waals surface area contributed by atoms with E-state index in [4.69, 9.17) is 15.9 Å². The van der Waals surface area contributed by atoms with Crippen LogP contribution in [0.3, 0.4) is 0 Å². The number of nitro groups is 1. The van der Waals surface area contributed by atoms with Crippen molar-refractivity contribution in [2.24, 2.45) is 5.73 Å². The largest absolute Gasteiger partial charge is 0.480 e. The van der Waals surface area contributed by atoms with E-state index in [-0.39, 0.29) is 0 Å². The Kier molecular flexibility index (Phi) is 5.80. The summed E-state index contributed by atoms with van der Waals surface area (Å²) < 4.78 is -0.818. The molecule has 10 heteroatoms. The first kappa shape index (κ1) is 18.3. The lowest BCUT2D eigenvalue weighted by molar-refractivity contribution is -0.385. The molecule has 8 nitrogen and oxygen atoms in total. The molecule has 1 atom stereocenters. The molecule has 0 saturated carbocycles. The highest BCUT2D eigenvalue weighted by molar-refractivity contribution is 8.77. The fourth-order valence-corrected chi connectivity index (χ4v) is 3.76. The topological polar surface area (TPSA) is 144 Å². The Morgan fingerprint density at radius 1 is 1.36 bits per heavy atom. The Morgan fingerprint density at radius 3 is 2.41 bits per heavy atom. The maximum atomic E-state index is 11.1. The van der Waals surface area contributed by atoms with Gasteiger partial charge in [0.25, 0.3) is 5.69 Å². The van der Waals surface area contributed by atoms with E-state index in [0.717, 1.165) is 27.7 Å². The van der Waals surface area contributed by atoms with Gasteiger partial charge in [0.05, 0.1) is 4.92 Å². The first-order valence-corrected chi connectivity index (χ1v) is 8.07. The van der Waals surface area contributed by atoms with Crippen LogP contribution in [-0.4, -0.2) is 37.9 Å². The zero-order chi connectivity index (χ0) is 17.1. The molecule has 0 radical (unpaired) electrons. The number of nitrogens with zero attached hydrogens (tertiary/aromatic N) is 1. The molecule has 0 aromatic heterocycles. The summed E-state index contributed by atoms with van der Waals surface area (Å²) in [5.74, 6) is -2.55. The van der Waals surface area contributed by atoms with E-state index < -0.39 is 38.9 Å². The lowest BCUT2D eigenvalue weighted by Crippen LogP contribution is -2.46. The molecule has 0 aliphatic carbocycles. The molecule has 0 bridgehead atoms. The van der Waals surface area contributed by atoms with Gasteiger partial charge in [-0.15, -0.1) is 0 Å². The predicted molar refractivity (Wildman–Crippen MR) is 83.2 cm³/mol. The Morgan fingerprint density at radius 2 is 1.95 bits per heavy atom. The highest BCUT2D eigenvalue weighted by Crippen LogP contribution is 2.43. The maximum Gasteiger partial charge on any atom is 0.342 e. The van der Waals surface area contributed by atoms with Gasteiger partial charge in [-0.05, 0) is 26.0 Å². The number of carboxylic acid groups (broad SMARTS) is 2. The van der Waals surface area contributed by atoms with Crippen molar-refractivity contribution in [3.8, 4) is 0 Å². The third-order valence-corrected chi connectivity index (χ3v) is 6.09. The zero-order valence-electron chi connectivity index (χ0n) is 11.7. The third-order valence-electron chi connectivity index (χ3n) is 2.76. The minimum Gasteiger partial charge on any atom is -0.480 e. The van der Waals surface area contributed by atoms with Gasteiger partial charge in [-0.3, -0.25) is 14.9 Å². The molecule has 0 aliphatic heterocycles. The molecule has 22 heavy (non-hydrogen) atoms. The molecule has 0 fully saturated rings. The van der Waals surface area contributed by atoms with E-state index in [2.05, 4.69) is 0 Å². The third kappa shape index (κ3) is 4.36. The minimum absolute atomic E-state index is 0.420. The smallest absolute Gasteiger partial charge is 0.342 e. The molecule has 0 saturated heterocycles. The van der Waals surface area contributed by atoms with Crippen LogP contribution in [0.25, 0.3) is 0 Å². The van der Waals surface area contributed by atoms with E-state index in [1.807, 2.05) is 0 Å². The summed E-state index contributed by atoms with van der Waals surface area (Å²) in [5.41, 5.74) is 4.67. The van der Waals surface area contributed by atoms with Gasteiger partial charge in [-0.2, -0.15) is 0 Å². The molecule has 1 aromatic carbocycles. The van der Waals surface area contributed by atoms with Crippen molar-refractivity contribution in [3.63, 3.8) is 0 Å². The highest BCUT2D eigenvalue weighted by Gasteiger charge is 2.33. The number of nitro benzene ring substituents is 1. The van der Waals surface area contributed by atoms with E-state index in [1.165, 1.54) is 12.1 Å². The van der Waals surface area contributed by atoms with Crippen molar-refractivity contribution in [1.29, 1.82) is 0 Å². The van der Waals surface area contributed by atoms with Gasteiger partial charge < -0.3 is 15.9 Å². The first-order valence-electron chi connectivity index (χ1n) is 5.92. The summed E-state index contributed by atoms with van der Waals surface area (Å²) in [4.78, 5) is 32.4. The van der Waals surface area contributed by atoms with Gasteiger partial charge in [-0.1, -0.05) is 21.6 Å². The van der Waals surface area contributed by atoms with Crippen LogP contribution in [0.15, 0.2) is 23.1 Å². The average Bonchev–Trinajstić information content (AvgIpc) is 2.43. The van der Waals surface area contributed by atoms with E-state index >= 15 is 0 Å². The summed E-state index contributed by atoms with van der Waals surface area (Å²) >= 11 is 0. The Labute approximate surface area is 133 Å². The Hall–Kier alpha value is -1.78. The predicted octanol–water partition coefficient (Wildman–Crippen LogP) is 2.22. The van der Waals surface area contributed by atoms with Crippen molar-refractivity contribution in [2.75, 3.05) is 0 Å². The molecule has 0 amide bonds. The molecule has 1 aromatic rings. The summed E-state index contributed by atoms with van der Waals surface area (Å²) in [6.07, 6.45) is 0. The first-order chi connectivity index (χ1) is 10.1. The van der Waals surface area contributed by atoms with Crippen LogP contribution in [0.4, 0.5) is 5.69 Å². The summed E-state index contributed by atoms with van der Waals surface area (Å²) in [6, 6.07) is 2.59. The van der Waals surface area contributed by atoms with Crippen molar-refractivity contribution in [3.05, 3.63) is 33.9 Å². The summed E-state index contributed by atoms with van der Waals surface area (Å²) in [5, 5.41) is 28.7. The molecule has 0 heterocycles. The van der Waals surface area contributed by atoms with Crippen LogP contribution in [-0.2, 0) is 4.79 Å². The standard InChI is InChI=1S/C12H14N2O6S2/c1-12(2,9(13)11(17)18)22-21-6-3-4-8(14(19)20)7(5-6)10(15)16/h3-5,9H,13H2,1-2H3,(H,15,16)(H,17,18). The lowest BCUT2D eigenvalue weighted by atomic mass is 10.1. The monoisotopic (exact) mass is 346 g/mol. The second kappa shape index (κ2) is 6.99. The molecule has 120 valence electrons. The number of aliphatic carboxylic acids is 1. The van der Waals surface area contributed by atoms with Crippen LogP contribution < -0.4 is 5.73 Å². The molecular weight excluding hydrogens is 332 g/mol. The average molecular weight is 346 g/mol. The number of hydrogen-bond acceptors (Lipinski definition) is 7. The Bertz CT molecular complexity index is 620. The van der Waals surface area contributed by atoms with Crippen LogP contribution in [0.1, 0.15) is 24.2 Å². The lowest BCUT2D eigenvalue weighted by Gasteiger charge is -2.27. The van der Waals surface area contributed by atoms with Gasteiger partial charge in [-0.25, -0.2) is 4.79 Å². The van der Waals surface area contributed by atoms with Crippen molar-refractivity contribution in [2.45, 2.75) is 29.5 Å². The fourth-order valence-electron chi connectivity index (χ4n) is 1.40. The van der Waals surface area contributed by atoms with Gasteiger partial charge >= 0.3 is 11.9 Å². The van der Waals surface area contributed by atoms with Gasteiger partial charge in [0.2, 0.25) is 0 Å². The fraction of sp³-hybridized carbons (Fsp3) is 0.333. The molecule has 1 rings (SSSR count). The van der Waals surface area contributed by atoms with Crippen molar-refractivity contribution < 1.29 is 24.7 Å². The summed E-state index contributed by atoms with van der Waals surface area (Å²) in [7, 11) is 2.26. The normalized spacial score (nSPS) is 12.7. The zero-order valence-corrected chi connectivity index (χ0v) is 13.3. The van der Waals surface area contributed by atoms with E-state index in [1.54, 1.807) is 13.8 Å². The SMILES string of the molecule is CC(C)(SSc1ccc([N+](=O)[O-])c(C(=O)O)c1)C(N)C(=O)O. The molecule has 4 N–H and O–H groups in total. The quantitative estimate of drug-likeness (QED) is 0.384. The van der Waals surface area contributed by atoms with Crippen LogP contribution in [0.2, 0.25) is 0 Å². The van der Waals surface area contributed by atoms with Gasteiger partial charge in [0, 0.05) is 15.7 Å². The van der Waals surface area contributed by atoms with Crippen molar-refractivity contribution in [1.82, 2.24) is 0 Å². The minimum atomic E-state index is -1.40. The highest BCUT2D eigenvalue weighted by atomic mass is 33.1. The van der Waals surface area contributed by atoms with Gasteiger partial charge in [0.15, 0.2) is 0 Å². The van der Waals surface area contributed by atoms with Crippen molar-refractivity contribution >= 4 is 39.2 Å². The number of aromatic carboxylic acids is 1. The van der Waals surface area contributed by atoms with Crippen LogP contribution >= 0.6 is 21.6 Å². The maximum absolute atomic E-state index is 11.1. The Balaban J connectivity index is 2.96. The number of nitrogens with two attached hydrogens (primary N) is 1. The van der Waals surface area contributed by atoms with Gasteiger partial charge in [0.1, 0.15) is 11.6 Å². The number of hydrogen-bond donors (Lipinski definition) is 3. The second-order valence-electron chi connectivity index (χ2n) is 4.83. The molecule has 0 aliphatic rings. The number of carboxylic acids is 2. The van der Waals surface area contributed by atoms with E-state index in [9.17, 15) is 19.7 Å². The van der Waals surface area contributed by atoms with Crippen LogP contribution in [0.5, 0.6) is 0 Å². The second-order valence-corrected chi connectivity index (χ2v) is 7.68. The van der Waals surface area contributed by atoms with Crippen LogP contribution in [0, 0.1) is 10.1 Å². The number of rotatable bonds is 7. The molecular formula is C12H14N2O6S2. The molecule has 0 spiro atoms. The van der Waals surface area contributed by atoms with E-state index in [0.29, 0.717) is 4.90 Å².